The van der Waals surface area contributed by atoms with Gasteiger partial charge in [0, 0.05) is 24.7 Å². The summed E-state index contributed by atoms with van der Waals surface area (Å²) in [5.74, 6) is 1.86. The van der Waals surface area contributed by atoms with Crippen molar-refractivity contribution in [2.24, 2.45) is 4.99 Å². The molecule has 0 N–H and O–H groups in total. The molecule has 0 saturated heterocycles. The zero-order chi connectivity index (χ0) is 19.8. The molecular weight excluding hydrogens is 352 g/mol. The molecule has 28 heavy (non-hydrogen) atoms. The average molecular weight is 380 g/mol. The second-order valence-corrected chi connectivity index (χ2v) is 7.05. The van der Waals surface area contributed by atoms with E-state index in [9.17, 15) is 4.79 Å². The molecule has 0 unspecified atom stereocenters. The molecule has 5 heteroatoms. The summed E-state index contributed by atoms with van der Waals surface area (Å²) in [5.41, 5.74) is 2.69. The van der Waals surface area contributed by atoms with Gasteiger partial charge in [0.15, 0.2) is 5.78 Å². The molecule has 2 aromatic carbocycles. The molecule has 148 valence electrons. The van der Waals surface area contributed by atoms with E-state index in [0.29, 0.717) is 18.6 Å². The minimum atomic E-state index is 0.167. The maximum absolute atomic E-state index is 12.4. The molecule has 1 heterocycles. The lowest BCUT2D eigenvalue weighted by Crippen LogP contribution is -2.22. The van der Waals surface area contributed by atoms with Crippen LogP contribution in [0.3, 0.4) is 0 Å². The van der Waals surface area contributed by atoms with Crippen LogP contribution in [0.5, 0.6) is 11.5 Å². The number of hydrogen-bond donors (Lipinski definition) is 0. The number of hydrogen-bond acceptors (Lipinski definition) is 5. The van der Waals surface area contributed by atoms with Crippen LogP contribution in [0.15, 0.2) is 47.5 Å². The first-order chi connectivity index (χ1) is 13.7. The van der Waals surface area contributed by atoms with Gasteiger partial charge in [-0.15, -0.1) is 0 Å². The highest BCUT2D eigenvalue weighted by Gasteiger charge is 2.12. The highest BCUT2D eigenvalue weighted by molar-refractivity contribution is 5.97. The highest BCUT2D eigenvalue weighted by atomic mass is 16.5. The minimum absolute atomic E-state index is 0.167. The molecule has 0 amide bonds. The number of ether oxygens (including phenoxy) is 2. The van der Waals surface area contributed by atoms with Gasteiger partial charge in [0.1, 0.15) is 23.8 Å². The summed E-state index contributed by atoms with van der Waals surface area (Å²) in [6.45, 7) is 2.44. The van der Waals surface area contributed by atoms with Gasteiger partial charge >= 0.3 is 0 Å². The molecule has 0 bridgehead atoms. The summed E-state index contributed by atoms with van der Waals surface area (Å²) < 4.78 is 10.9. The Hall–Kier alpha value is -2.66. The van der Waals surface area contributed by atoms with E-state index in [-0.39, 0.29) is 5.78 Å². The van der Waals surface area contributed by atoms with Crippen molar-refractivity contribution in [1.82, 2.24) is 4.90 Å². The number of carbonyl (C=O) groups is 1. The first-order valence-corrected chi connectivity index (χ1v) is 9.80. The van der Waals surface area contributed by atoms with E-state index >= 15 is 0 Å². The molecule has 3 rings (SSSR count). The van der Waals surface area contributed by atoms with Crippen LogP contribution in [-0.2, 0) is 6.42 Å². The van der Waals surface area contributed by atoms with Crippen LogP contribution in [0.1, 0.15) is 35.2 Å². The first-order valence-electron chi connectivity index (χ1n) is 9.80. The number of ketones is 1. The van der Waals surface area contributed by atoms with E-state index in [0.717, 1.165) is 49.5 Å². The minimum Gasteiger partial charge on any atom is -0.496 e. The van der Waals surface area contributed by atoms with Crippen LogP contribution < -0.4 is 9.47 Å². The van der Waals surface area contributed by atoms with Crippen LogP contribution in [0.2, 0.25) is 0 Å². The third-order valence-corrected chi connectivity index (χ3v) is 4.97. The largest absolute Gasteiger partial charge is 0.496 e. The molecular formula is C23H28N2O3. The highest BCUT2D eigenvalue weighted by Crippen LogP contribution is 2.30. The lowest BCUT2D eigenvalue weighted by atomic mass is 10.0. The number of aliphatic imine (C=N–C) groups is 1. The van der Waals surface area contributed by atoms with Crippen molar-refractivity contribution in [2.75, 3.05) is 33.9 Å². The SMILES string of the molecule is COc1ccccc1CCN(C)CCCCC(=O)c1ccc2c(c1)N=CCO2. The van der Waals surface area contributed by atoms with Crippen LogP contribution in [0, 0.1) is 0 Å². The van der Waals surface area contributed by atoms with Crippen LogP contribution >= 0.6 is 0 Å². The zero-order valence-electron chi connectivity index (χ0n) is 16.7. The Balaban J connectivity index is 1.38. The van der Waals surface area contributed by atoms with Gasteiger partial charge in [-0.25, -0.2) is 0 Å². The Morgan fingerprint density at radius 2 is 2.04 bits per heavy atom. The monoisotopic (exact) mass is 380 g/mol. The second kappa shape index (κ2) is 10.0. The quantitative estimate of drug-likeness (QED) is 0.455. The van der Waals surface area contributed by atoms with Crippen molar-refractivity contribution in [3.63, 3.8) is 0 Å². The van der Waals surface area contributed by atoms with Crippen LogP contribution in [0.4, 0.5) is 5.69 Å². The predicted molar refractivity (Wildman–Crippen MR) is 112 cm³/mol. The van der Waals surface area contributed by atoms with Crippen molar-refractivity contribution in [1.29, 1.82) is 0 Å². The van der Waals surface area contributed by atoms with Crippen molar-refractivity contribution >= 4 is 17.7 Å². The van der Waals surface area contributed by atoms with E-state index < -0.39 is 0 Å². The summed E-state index contributed by atoms with van der Waals surface area (Å²) in [4.78, 5) is 19.0. The van der Waals surface area contributed by atoms with Gasteiger partial charge in [0.2, 0.25) is 0 Å². The number of fused-ring (bicyclic) bond motifs is 1. The molecule has 0 fully saturated rings. The lowest BCUT2D eigenvalue weighted by Gasteiger charge is -2.17. The van der Waals surface area contributed by atoms with Gasteiger partial charge in [-0.3, -0.25) is 9.79 Å². The molecule has 2 aromatic rings. The molecule has 1 aliphatic rings. The molecule has 0 saturated carbocycles. The normalized spacial score (nSPS) is 12.5. The Morgan fingerprint density at radius 3 is 2.89 bits per heavy atom. The predicted octanol–water partition coefficient (Wildman–Crippen LogP) is 4.32. The smallest absolute Gasteiger partial charge is 0.162 e. The Kier molecular flexibility index (Phi) is 7.20. The fraction of sp³-hybridized carbons (Fsp3) is 0.391. The summed E-state index contributed by atoms with van der Waals surface area (Å²) in [6.07, 6.45) is 5.12. The maximum atomic E-state index is 12.4. The summed E-state index contributed by atoms with van der Waals surface area (Å²) >= 11 is 0. The summed E-state index contributed by atoms with van der Waals surface area (Å²) in [7, 11) is 3.83. The maximum Gasteiger partial charge on any atom is 0.162 e. The fourth-order valence-corrected chi connectivity index (χ4v) is 3.32. The number of unbranched alkanes of at least 4 members (excludes halogenated alkanes) is 1. The third-order valence-electron chi connectivity index (χ3n) is 4.97. The molecule has 0 spiro atoms. The van der Waals surface area contributed by atoms with Gasteiger partial charge < -0.3 is 14.4 Å². The number of methoxy groups -OCH3 is 1. The van der Waals surface area contributed by atoms with E-state index in [1.165, 1.54) is 5.56 Å². The molecule has 0 aromatic heterocycles. The zero-order valence-corrected chi connectivity index (χ0v) is 16.7. The molecule has 5 nitrogen and oxygen atoms in total. The van der Waals surface area contributed by atoms with Crippen molar-refractivity contribution in [3.05, 3.63) is 53.6 Å². The van der Waals surface area contributed by atoms with E-state index in [1.54, 1.807) is 13.3 Å². The third kappa shape index (κ3) is 5.42. The molecule has 0 atom stereocenters. The molecule has 0 aliphatic carbocycles. The van der Waals surface area contributed by atoms with Crippen molar-refractivity contribution in [2.45, 2.75) is 25.7 Å². The van der Waals surface area contributed by atoms with E-state index in [2.05, 4.69) is 23.0 Å². The lowest BCUT2D eigenvalue weighted by molar-refractivity contribution is 0.0978. The number of Topliss-reactive ketones (excluding diaryl/α,β-unsaturated/α-hetero) is 1. The Labute approximate surface area is 167 Å². The Morgan fingerprint density at radius 1 is 1.18 bits per heavy atom. The number of benzene rings is 2. The van der Waals surface area contributed by atoms with Gasteiger partial charge in [-0.1, -0.05) is 18.2 Å². The van der Waals surface area contributed by atoms with E-state index in [1.807, 2.05) is 36.4 Å². The van der Waals surface area contributed by atoms with Gasteiger partial charge in [-0.2, -0.15) is 0 Å². The van der Waals surface area contributed by atoms with Crippen LogP contribution in [-0.4, -0.2) is 50.8 Å². The van der Waals surface area contributed by atoms with Gasteiger partial charge in [0.25, 0.3) is 0 Å². The fourth-order valence-electron chi connectivity index (χ4n) is 3.32. The standard InChI is InChI=1S/C23H28N2O3/c1-25(15-12-18-7-3-4-9-22(18)27-2)14-6-5-8-21(26)19-10-11-23-20(17-19)24-13-16-28-23/h3-4,7,9-11,13,17H,5-6,8,12,14-16H2,1-2H3. The molecule has 1 aliphatic heterocycles. The van der Waals surface area contributed by atoms with Gasteiger partial charge in [-0.05, 0) is 62.7 Å². The summed E-state index contributed by atoms with van der Waals surface area (Å²) in [6, 6.07) is 13.6. The summed E-state index contributed by atoms with van der Waals surface area (Å²) in [5, 5.41) is 0. The van der Waals surface area contributed by atoms with Crippen molar-refractivity contribution < 1.29 is 14.3 Å². The van der Waals surface area contributed by atoms with Gasteiger partial charge in [0.05, 0.1) is 7.11 Å². The number of carbonyl (C=O) groups excluding carboxylic acids is 1. The topological polar surface area (TPSA) is 51.1 Å². The molecule has 0 radical (unpaired) electrons. The van der Waals surface area contributed by atoms with Crippen molar-refractivity contribution in [3.8, 4) is 11.5 Å². The van der Waals surface area contributed by atoms with E-state index in [4.69, 9.17) is 9.47 Å². The number of para-hydroxylation sites is 1. The average Bonchev–Trinajstić information content (AvgIpc) is 2.75. The van der Waals surface area contributed by atoms with Crippen LogP contribution in [0.25, 0.3) is 0 Å². The number of rotatable bonds is 10. The number of likely N-dealkylation sites (N-methyl/N-ethyl adjacent to an activating group) is 1. The first kappa shape index (κ1) is 20.1. The Bertz CT molecular complexity index is 832. The number of nitrogens with zero attached hydrogens (tertiary/aromatic N) is 2. The second-order valence-electron chi connectivity index (χ2n) is 7.05.